The number of benzene rings is 1. The molecule has 1 aromatic heterocycles. The van der Waals surface area contributed by atoms with Crippen molar-refractivity contribution in [3.8, 4) is 0 Å². The van der Waals surface area contributed by atoms with Crippen LogP contribution < -0.4 is 11.0 Å². The van der Waals surface area contributed by atoms with E-state index in [1.165, 1.54) is 0 Å². The molecule has 0 aliphatic carbocycles. The van der Waals surface area contributed by atoms with E-state index in [0.717, 1.165) is 6.42 Å². The van der Waals surface area contributed by atoms with Gasteiger partial charge in [-0.25, -0.2) is 4.98 Å². The van der Waals surface area contributed by atoms with Crippen LogP contribution in [-0.2, 0) is 6.54 Å². The second kappa shape index (κ2) is 3.89. The fourth-order valence-electron chi connectivity index (χ4n) is 1.58. The summed E-state index contributed by atoms with van der Waals surface area (Å²) in [5.74, 6) is 0. The Kier molecular flexibility index (Phi) is 2.58. The summed E-state index contributed by atoms with van der Waals surface area (Å²) in [6.07, 6.45) is 2.50. The molecule has 0 bridgehead atoms. The second-order valence-electron chi connectivity index (χ2n) is 3.52. The van der Waals surface area contributed by atoms with Gasteiger partial charge in [-0.2, -0.15) is 0 Å². The lowest BCUT2D eigenvalue weighted by Gasteiger charge is -2.04. The summed E-state index contributed by atoms with van der Waals surface area (Å²) < 4.78 is 1.61. The minimum absolute atomic E-state index is 0.0193. The van der Waals surface area contributed by atoms with E-state index in [1.807, 2.05) is 6.92 Å². The highest BCUT2D eigenvalue weighted by atomic mass is 16.1. The molecule has 0 unspecified atom stereocenters. The van der Waals surface area contributed by atoms with Crippen LogP contribution in [0.1, 0.15) is 13.3 Å². The van der Waals surface area contributed by atoms with Crippen molar-refractivity contribution in [1.82, 2.24) is 9.55 Å². The lowest BCUT2D eigenvalue weighted by molar-refractivity contribution is 0.648. The molecular weight excluding hydrogens is 187 g/mol. The van der Waals surface area contributed by atoms with Gasteiger partial charge in [-0.1, -0.05) is 24.5 Å². The highest BCUT2D eigenvalue weighted by Gasteiger charge is 2.02. The molecule has 0 saturated carbocycles. The van der Waals surface area contributed by atoms with Crippen LogP contribution in [0, 0.1) is 0 Å². The number of nitrogens with zero attached hydrogens (tertiary/aromatic N) is 2. The molecule has 0 atom stereocenters. The Balaban J connectivity index is 2.71. The van der Waals surface area contributed by atoms with Gasteiger partial charge in [0, 0.05) is 6.54 Å². The SMILES string of the molecule is [B]c1ccc2ncn(CCC)c(=O)c2c1. The molecule has 0 saturated heterocycles. The van der Waals surface area contributed by atoms with Gasteiger partial charge >= 0.3 is 0 Å². The summed E-state index contributed by atoms with van der Waals surface area (Å²) >= 11 is 0. The van der Waals surface area contributed by atoms with Crippen LogP contribution in [-0.4, -0.2) is 17.4 Å². The highest BCUT2D eigenvalue weighted by molar-refractivity contribution is 6.33. The van der Waals surface area contributed by atoms with Gasteiger partial charge in [0.25, 0.3) is 5.56 Å². The first kappa shape index (κ1) is 9.96. The van der Waals surface area contributed by atoms with Gasteiger partial charge in [0.05, 0.1) is 17.2 Å². The van der Waals surface area contributed by atoms with Gasteiger partial charge in [0.2, 0.25) is 0 Å². The molecule has 0 fully saturated rings. The number of fused-ring (bicyclic) bond motifs is 1. The van der Waals surface area contributed by atoms with E-state index in [2.05, 4.69) is 4.98 Å². The number of rotatable bonds is 2. The monoisotopic (exact) mass is 198 g/mol. The fraction of sp³-hybridized carbons (Fsp3) is 0.273. The molecule has 0 N–H and O–H groups in total. The number of hydrogen-bond donors (Lipinski definition) is 0. The lowest BCUT2D eigenvalue weighted by atomic mass is 9.95. The summed E-state index contributed by atoms with van der Waals surface area (Å²) in [4.78, 5) is 16.1. The topological polar surface area (TPSA) is 34.9 Å². The molecule has 2 rings (SSSR count). The van der Waals surface area contributed by atoms with Gasteiger partial charge < -0.3 is 0 Å². The Bertz CT molecular complexity index is 548. The maximum Gasteiger partial charge on any atom is 0.261 e. The first-order valence-electron chi connectivity index (χ1n) is 4.97. The Morgan fingerprint density at radius 2 is 2.27 bits per heavy atom. The van der Waals surface area contributed by atoms with Crippen LogP contribution in [0.25, 0.3) is 10.9 Å². The molecule has 15 heavy (non-hydrogen) atoms. The van der Waals surface area contributed by atoms with E-state index in [9.17, 15) is 4.79 Å². The average molecular weight is 198 g/mol. The molecule has 74 valence electrons. The predicted octanol–water partition coefficient (Wildman–Crippen LogP) is 0.600. The van der Waals surface area contributed by atoms with Crippen LogP contribution >= 0.6 is 0 Å². The van der Waals surface area contributed by atoms with Crippen molar-refractivity contribution in [2.24, 2.45) is 0 Å². The van der Waals surface area contributed by atoms with E-state index in [-0.39, 0.29) is 5.56 Å². The molecule has 0 aliphatic rings. The minimum Gasteiger partial charge on any atom is -0.299 e. The first-order valence-corrected chi connectivity index (χ1v) is 4.97. The van der Waals surface area contributed by atoms with Crippen LogP contribution in [0.3, 0.4) is 0 Å². The van der Waals surface area contributed by atoms with Gasteiger partial charge in [0.1, 0.15) is 7.85 Å². The summed E-state index contributed by atoms with van der Waals surface area (Å²) in [5.41, 5.74) is 1.27. The van der Waals surface area contributed by atoms with Crippen molar-refractivity contribution in [3.63, 3.8) is 0 Å². The first-order chi connectivity index (χ1) is 7.22. The van der Waals surface area contributed by atoms with Crippen LogP contribution in [0.15, 0.2) is 29.3 Å². The van der Waals surface area contributed by atoms with Gasteiger partial charge in [-0.15, -0.1) is 0 Å². The van der Waals surface area contributed by atoms with Crippen LogP contribution in [0.4, 0.5) is 0 Å². The molecule has 0 aliphatic heterocycles. The van der Waals surface area contributed by atoms with Crippen molar-refractivity contribution in [2.75, 3.05) is 0 Å². The molecule has 0 spiro atoms. The molecule has 4 heteroatoms. The standard InChI is InChI=1S/C11H11BN2O/c1-2-5-14-7-13-10-4-3-8(12)6-9(10)11(14)15/h3-4,6-7H,2,5H2,1H3. The minimum atomic E-state index is -0.0193. The third-order valence-electron chi connectivity index (χ3n) is 2.31. The Hall–Kier alpha value is -1.58. The molecule has 2 aromatic rings. The Morgan fingerprint density at radius 3 is 3.00 bits per heavy atom. The van der Waals surface area contributed by atoms with Gasteiger partial charge in [-0.3, -0.25) is 9.36 Å². The number of aromatic nitrogens is 2. The Morgan fingerprint density at radius 1 is 1.47 bits per heavy atom. The van der Waals surface area contributed by atoms with Crippen molar-refractivity contribution >= 4 is 24.2 Å². The van der Waals surface area contributed by atoms with Crippen LogP contribution in [0.2, 0.25) is 0 Å². The Labute approximate surface area is 89.2 Å². The van der Waals surface area contributed by atoms with E-state index in [0.29, 0.717) is 22.9 Å². The molecule has 3 nitrogen and oxygen atoms in total. The molecule has 1 heterocycles. The average Bonchev–Trinajstić information content (AvgIpc) is 2.23. The second-order valence-corrected chi connectivity index (χ2v) is 3.52. The summed E-state index contributed by atoms with van der Waals surface area (Å²) in [6, 6.07) is 5.19. The third-order valence-corrected chi connectivity index (χ3v) is 2.31. The van der Waals surface area contributed by atoms with Crippen LogP contribution in [0.5, 0.6) is 0 Å². The van der Waals surface area contributed by atoms with Crippen molar-refractivity contribution in [2.45, 2.75) is 19.9 Å². The number of aryl methyl sites for hydroxylation is 1. The highest BCUT2D eigenvalue weighted by Crippen LogP contribution is 2.03. The van der Waals surface area contributed by atoms with E-state index in [1.54, 1.807) is 29.1 Å². The zero-order valence-corrected chi connectivity index (χ0v) is 8.60. The quantitative estimate of drug-likeness (QED) is 0.662. The molecule has 1 aromatic carbocycles. The van der Waals surface area contributed by atoms with E-state index >= 15 is 0 Å². The largest absolute Gasteiger partial charge is 0.299 e. The van der Waals surface area contributed by atoms with Crippen molar-refractivity contribution < 1.29 is 0 Å². The lowest BCUT2D eigenvalue weighted by Crippen LogP contribution is -2.21. The van der Waals surface area contributed by atoms with Gasteiger partial charge in [-0.05, 0) is 12.5 Å². The van der Waals surface area contributed by atoms with Crippen molar-refractivity contribution in [3.05, 3.63) is 34.9 Å². The fourth-order valence-corrected chi connectivity index (χ4v) is 1.58. The van der Waals surface area contributed by atoms with Crippen molar-refractivity contribution in [1.29, 1.82) is 0 Å². The number of hydrogen-bond acceptors (Lipinski definition) is 2. The molecule has 2 radical (unpaired) electrons. The zero-order chi connectivity index (χ0) is 10.8. The normalized spacial score (nSPS) is 10.7. The van der Waals surface area contributed by atoms with E-state index < -0.39 is 0 Å². The summed E-state index contributed by atoms with van der Waals surface area (Å²) in [6.45, 7) is 2.71. The van der Waals surface area contributed by atoms with Gasteiger partial charge in [0.15, 0.2) is 0 Å². The summed E-state index contributed by atoms with van der Waals surface area (Å²) in [7, 11) is 5.64. The van der Waals surface area contributed by atoms with E-state index in [4.69, 9.17) is 7.85 Å². The zero-order valence-electron chi connectivity index (χ0n) is 8.60. The predicted molar refractivity (Wildman–Crippen MR) is 61.7 cm³/mol. The maximum atomic E-state index is 11.9. The molecular formula is C11H11BN2O. The third kappa shape index (κ3) is 1.80. The smallest absolute Gasteiger partial charge is 0.261 e. The summed E-state index contributed by atoms with van der Waals surface area (Å²) in [5, 5.41) is 0.589. The maximum absolute atomic E-state index is 11.9. The molecule has 0 amide bonds.